The number of aromatic nitrogens is 1. The number of carboxylic acids is 1. The van der Waals surface area contributed by atoms with Crippen LogP contribution in [0, 0.1) is 6.92 Å². The van der Waals surface area contributed by atoms with E-state index in [1.807, 2.05) is 13.0 Å². The third kappa shape index (κ3) is 4.00. The van der Waals surface area contributed by atoms with Gasteiger partial charge in [0.2, 0.25) is 0 Å². The summed E-state index contributed by atoms with van der Waals surface area (Å²) in [5.74, 6) is -0.888. The van der Waals surface area contributed by atoms with Crippen molar-refractivity contribution in [2.45, 2.75) is 32.7 Å². The number of aryl methyl sites for hydroxylation is 2. The first-order valence-corrected chi connectivity index (χ1v) is 5.96. The van der Waals surface area contributed by atoms with Crippen LogP contribution in [0.1, 0.15) is 24.1 Å². The van der Waals surface area contributed by atoms with Crippen LogP contribution in [0.5, 0.6) is 0 Å². The van der Waals surface area contributed by atoms with E-state index < -0.39 is 5.97 Å². The van der Waals surface area contributed by atoms with Gasteiger partial charge in [0.15, 0.2) is 0 Å². The van der Waals surface area contributed by atoms with Crippen LogP contribution in [-0.4, -0.2) is 29.4 Å². The maximum atomic E-state index is 12.1. The summed E-state index contributed by atoms with van der Waals surface area (Å²) < 4.78 is 6.64. The van der Waals surface area contributed by atoms with Crippen LogP contribution in [-0.2, 0) is 22.5 Å². The molecule has 0 radical (unpaired) electrons. The highest BCUT2D eigenvalue weighted by molar-refractivity contribution is 5.67. The number of hydrogen-bond donors (Lipinski definition) is 1. The monoisotopic (exact) mass is 253 g/mol. The van der Waals surface area contributed by atoms with Gasteiger partial charge < -0.3 is 14.4 Å². The summed E-state index contributed by atoms with van der Waals surface area (Å²) in [4.78, 5) is 22.6. The lowest BCUT2D eigenvalue weighted by atomic mass is 10.1. The van der Waals surface area contributed by atoms with Gasteiger partial charge in [0.1, 0.15) is 0 Å². The third-order valence-corrected chi connectivity index (χ3v) is 2.81. The molecular formula is C13H19NO4. The standard InChI is InChI=1S/C13H19NO4/c1-10-4-5-11(6-7-12(15)16)13(17)14(10)8-3-9-18-2/h4-5H,3,6-9H2,1-2H3,(H,15,16). The van der Waals surface area contributed by atoms with E-state index in [1.54, 1.807) is 17.7 Å². The number of hydrogen-bond acceptors (Lipinski definition) is 3. The lowest BCUT2D eigenvalue weighted by molar-refractivity contribution is -0.136. The molecule has 0 spiro atoms. The van der Waals surface area contributed by atoms with E-state index in [0.29, 0.717) is 18.7 Å². The van der Waals surface area contributed by atoms with Crippen molar-refractivity contribution in [3.05, 3.63) is 33.7 Å². The zero-order valence-electron chi connectivity index (χ0n) is 10.8. The predicted octanol–water partition coefficient (Wildman–Crippen LogP) is 1.21. The van der Waals surface area contributed by atoms with Crippen LogP contribution < -0.4 is 5.56 Å². The van der Waals surface area contributed by atoms with Crippen molar-refractivity contribution in [1.82, 2.24) is 4.57 Å². The summed E-state index contributed by atoms with van der Waals surface area (Å²) in [6.45, 7) is 3.07. The molecule has 0 atom stereocenters. The van der Waals surface area contributed by atoms with Crippen LogP contribution in [0.2, 0.25) is 0 Å². The highest BCUT2D eigenvalue weighted by Gasteiger charge is 2.07. The van der Waals surface area contributed by atoms with Crippen molar-refractivity contribution in [2.75, 3.05) is 13.7 Å². The van der Waals surface area contributed by atoms with Gasteiger partial charge in [-0.3, -0.25) is 9.59 Å². The number of methoxy groups -OCH3 is 1. The average molecular weight is 253 g/mol. The van der Waals surface area contributed by atoms with Gasteiger partial charge in [-0.15, -0.1) is 0 Å². The number of carboxylic acid groups (broad SMARTS) is 1. The molecule has 0 fully saturated rings. The topological polar surface area (TPSA) is 68.5 Å². The molecule has 0 aliphatic heterocycles. The lowest BCUT2D eigenvalue weighted by Gasteiger charge is -2.11. The Labute approximate surface area is 106 Å². The number of nitrogens with zero attached hydrogens (tertiary/aromatic N) is 1. The van der Waals surface area contributed by atoms with Crippen LogP contribution in [0.4, 0.5) is 0 Å². The normalized spacial score (nSPS) is 10.6. The summed E-state index contributed by atoms with van der Waals surface area (Å²) in [7, 11) is 1.62. The van der Waals surface area contributed by atoms with Crippen molar-refractivity contribution in [2.24, 2.45) is 0 Å². The van der Waals surface area contributed by atoms with E-state index >= 15 is 0 Å². The molecule has 0 unspecified atom stereocenters. The zero-order valence-corrected chi connectivity index (χ0v) is 10.8. The fourth-order valence-electron chi connectivity index (χ4n) is 1.79. The van der Waals surface area contributed by atoms with Gasteiger partial charge in [-0.2, -0.15) is 0 Å². The Morgan fingerprint density at radius 1 is 1.44 bits per heavy atom. The number of ether oxygens (including phenoxy) is 1. The van der Waals surface area contributed by atoms with Crippen molar-refractivity contribution in [3.8, 4) is 0 Å². The van der Waals surface area contributed by atoms with Gasteiger partial charge in [0, 0.05) is 37.9 Å². The molecule has 0 saturated carbocycles. The van der Waals surface area contributed by atoms with E-state index in [4.69, 9.17) is 9.84 Å². The molecule has 5 nitrogen and oxygen atoms in total. The molecular weight excluding hydrogens is 234 g/mol. The SMILES string of the molecule is COCCCn1c(C)ccc(CCC(=O)O)c1=O. The van der Waals surface area contributed by atoms with E-state index in [1.165, 1.54) is 0 Å². The third-order valence-electron chi connectivity index (χ3n) is 2.81. The Hall–Kier alpha value is -1.62. The van der Waals surface area contributed by atoms with Crippen molar-refractivity contribution in [1.29, 1.82) is 0 Å². The molecule has 0 aliphatic rings. The first-order chi connectivity index (χ1) is 8.56. The van der Waals surface area contributed by atoms with Gasteiger partial charge >= 0.3 is 5.97 Å². The summed E-state index contributed by atoms with van der Waals surface area (Å²) in [5.41, 5.74) is 1.35. The molecule has 1 heterocycles. The second-order valence-corrected chi connectivity index (χ2v) is 4.20. The fourth-order valence-corrected chi connectivity index (χ4v) is 1.79. The molecule has 1 N–H and O–H groups in total. The van der Waals surface area contributed by atoms with Gasteiger partial charge in [-0.05, 0) is 25.8 Å². The molecule has 0 amide bonds. The molecule has 0 aliphatic carbocycles. The fraction of sp³-hybridized carbons (Fsp3) is 0.538. The first kappa shape index (κ1) is 14.4. The van der Waals surface area contributed by atoms with Crippen LogP contribution >= 0.6 is 0 Å². The smallest absolute Gasteiger partial charge is 0.303 e. The number of aliphatic carboxylic acids is 1. The van der Waals surface area contributed by atoms with Crippen molar-refractivity contribution >= 4 is 5.97 Å². The van der Waals surface area contributed by atoms with Crippen LogP contribution in [0.15, 0.2) is 16.9 Å². The highest BCUT2D eigenvalue weighted by Crippen LogP contribution is 2.02. The van der Waals surface area contributed by atoms with Gasteiger partial charge in [0.25, 0.3) is 5.56 Å². The number of pyridine rings is 1. The van der Waals surface area contributed by atoms with Gasteiger partial charge in [-0.1, -0.05) is 6.07 Å². The second kappa shape index (κ2) is 6.96. The lowest BCUT2D eigenvalue weighted by Crippen LogP contribution is -2.26. The maximum absolute atomic E-state index is 12.1. The van der Waals surface area contributed by atoms with E-state index in [0.717, 1.165) is 12.1 Å². The summed E-state index contributed by atoms with van der Waals surface area (Å²) in [5, 5.41) is 8.64. The number of rotatable bonds is 7. The zero-order chi connectivity index (χ0) is 13.5. The number of carbonyl (C=O) groups is 1. The first-order valence-electron chi connectivity index (χ1n) is 5.96. The van der Waals surface area contributed by atoms with Crippen LogP contribution in [0.25, 0.3) is 0 Å². The Morgan fingerprint density at radius 3 is 2.78 bits per heavy atom. The minimum absolute atomic E-state index is 0.0175. The average Bonchev–Trinajstić information content (AvgIpc) is 2.32. The van der Waals surface area contributed by atoms with E-state index in [2.05, 4.69) is 0 Å². The predicted molar refractivity (Wildman–Crippen MR) is 67.9 cm³/mol. The summed E-state index contributed by atoms with van der Waals surface area (Å²) >= 11 is 0. The molecule has 1 aromatic heterocycles. The van der Waals surface area contributed by atoms with Gasteiger partial charge in [-0.25, -0.2) is 0 Å². The van der Waals surface area contributed by atoms with Gasteiger partial charge in [0.05, 0.1) is 0 Å². The largest absolute Gasteiger partial charge is 0.481 e. The molecule has 5 heteroatoms. The second-order valence-electron chi connectivity index (χ2n) is 4.20. The molecule has 100 valence electrons. The summed E-state index contributed by atoms with van der Waals surface area (Å²) in [6.07, 6.45) is 1.02. The Morgan fingerprint density at radius 2 is 2.17 bits per heavy atom. The molecule has 0 bridgehead atoms. The van der Waals surface area contributed by atoms with Crippen molar-refractivity contribution < 1.29 is 14.6 Å². The molecule has 0 saturated heterocycles. The Kier molecular flexibility index (Phi) is 5.58. The Bertz CT molecular complexity index is 465. The highest BCUT2D eigenvalue weighted by atomic mass is 16.5. The molecule has 1 rings (SSSR count). The maximum Gasteiger partial charge on any atom is 0.303 e. The molecule has 1 aromatic rings. The molecule has 0 aromatic carbocycles. The van der Waals surface area contributed by atoms with E-state index in [9.17, 15) is 9.59 Å². The van der Waals surface area contributed by atoms with Crippen LogP contribution in [0.3, 0.4) is 0 Å². The Balaban J connectivity index is 2.85. The van der Waals surface area contributed by atoms with E-state index in [-0.39, 0.29) is 18.4 Å². The quantitative estimate of drug-likeness (QED) is 0.742. The summed E-state index contributed by atoms with van der Waals surface area (Å²) in [6, 6.07) is 3.57. The minimum atomic E-state index is -0.888. The van der Waals surface area contributed by atoms with Crippen molar-refractivity contribution in [3.63, 3.8) is 0 Å². The minimum Gasteiger partial charge on any atom is -0.481 e. The molecule has 18 heavy (non-hydrogen) atoms.